The van der Waals surface area contributed by atoms with Crippen LogP contribution in [0.3, 0.4) is 0 Å². The first kappa shape index (κ1) is 9.17. The van der Waals surface area contributed by atoms with Gasteiger partial charge in [-0.3, -0.25) is 0 Å². The topological polar surface area (TPSA) is 29.5 Å². The Morgan fingerprint density at radius 1 is 1.42 bits per heavy atom. The third-order valence-corrected chi connectivity index (χ3v) is 1.52. The Labute approximate surface area is 76.6 Å². The van der Waals surface area contributed by atoms with Gasteiger partial charge in [-0.25, -0.2) is 0 Å². The van der Waals surface area contributed by atoms with Crippen molar-refractivity contribution in [3.05, 3.63) is 41.8 Å². The molecule has 1 aromatic rings. The Kier molecular flexibility index (Phi) is 3.20. The zero-order chi connectivity index (χ0) is 8.97. The van der Waals surface area contributed by atoms with E-state index < -0.39 is 7.12 Å². The lowest BCUT2D eigenvalue weighted by Crippen LogP contribution is -2.17. The van der Waals surface area contributed by atoms with Crippen molar-refractivity contribution in [3.8, 4) is 5.75 Å². The average Bonchev–Trinajstić information content (AvgIpc) is 2.09. The first-order valence-electron chi connectivity index (χ1n) is 3.45. The summed E-state index contributed by atoms with van der Waals surface area (Å²) < 4.78 is 5.00. The molecule has 0 aliphatic carbocycles. The molecule has 62 valence electrons. The fourth-order valence-electron chi connectivity index (χ4n) is 0.701. The van der Waals surface area contributed by atoms with Gasteiger partial charge in [0.05, 0.1) is 0 Å². The molecular formula is C8H8BClO2. The van der Waals surface area contributed by atoms with E-state index in [4.69, 9.17) is 21.3 Å². The van der Waals surface area contributed by atoms with E-state index in [0.717, 1.165) is 0 Å². The van der Waals surface area contributed by atoms with Gasteiger partial charge in [-0.05, 0) is 30.2 Å². The van der Waals surface area contributed by atoms with Crippen LogP contribution in [0.2, 0.25) is 5.02 Å². The average molecular weight is 182 g/mol. The molecule has 0 atom stereocenters. The second-order valence-electron chi connectivity index (χ2n) is 2.20. The molecule has 0 aliphatic rings. The zero-order valence-corrected chi connectivity index (χ0v) is 7.16. The van der Waals surface area contributed by atoms with Gasteiger partial charge in [-0.1, -0.05) is 11.6 Å². The summed E-state index contributed by atoms with van der Waals surface area (Å²) in [5.74, 6) is 1.86. The van der Waals surface area contributed by atoms with E-state index in [1.54, 1.807) is 24.3 Å². The third-order valence-electron chi connectivity index (χ3n) is 1.27. The summed E-state index contributed by atoms with van der Waals surface area (Å²) >= 11 is 5.64. The van der Waals surface area contributed by atoms with Crippen LogP contribution in [0, 0.1) is 0 Å². The van der Waals surface area contributed by atoms with Crippen molar-refractivity contribution < 1.29 is 9.68 Å². The molecule has 1 N–H and O–H groups in total. The van der Waals surface area contributed by atoms with Gasteiger partial charge in [0.2, 0.25) is 0 Å². The van der Waals surface area contributed by atoms with Crippen LogP contribution in [0.25, 0.3) is 0 Å². The van der Waals surface area contributed by atoms with E-state index in [1.807, 2.05) is 0 Å². The van der Waals surface area contributed by atoms with Crippen molar-refractivity contribution in [2.75, 3.05) is 0 Å². The van der Waals surface area contributed by atoms with E-state index in [9.17, 15) is 0 Å². The van der Waals surface area contributed by atoms with Gasteiger partial charge in [0.25, 0.3) is 0 Å². The first-order chi connectivity index (χ1) is 5.72. The Balaban J connectivity index is 2.64. The molecule has 12 heavy (non-hydrogen) atoms. The summed E-state index contributed by atoms with van der Waals surface area (Å²) in [4.78, 5) is 0. The van der Waals surface area contributed by atoms with Crippen molar-refractivity contribution in [2.24, 2.45) is 0 Å². The number of halogens is 1. The second-order valence-corrected chi connectivity index (χ2v) is 2.63. The molecule has 0 heterocycles. The van der Waals surface area contributed by atoms with Crippen LogP contribution in [0.5, 0.6) is 5.75 Å². The molecule has 0 fully saturated rings. The Hall–Kier alpha value is -0.925. The van der Waals surface area contributed by atoms with Crippen molar-refractivity contribution in [1.29, 1.82) is 0 Å². The largest absolute Gasteiger partial charge is 0.551 e. The van der Waals surface area contributed by atoms with Crippen molar-refractivity contribution in [3.63, 3.8) is 0 Å². The smallest absolute Gasteiger partial charge is 0.533 e. The summed E-state index contributed by atoms with van der Waals surface area (Å²) in [6, 6.07) is 6.73. The Morgan fingerprint density at radius 2 is 2.00 bits per heavy atom. The molecule has 1 rings (SSSR count). The van der Waals surface area contributed by atoms with Crippen LogP contribution < -0.4 is 4.65 Å². The first-order valence-corrected chi connectivity index (χ1v) is 3.83. The molecule has 0 spiro atoms. The molecule has 0 unspecified atom stereocenters. The van der Waals surface area contributed by atoms with Gasteiger partial charge in [0.1, 0.15) is 5.75 Å². The number of rotatable bonds is 3. The molecule has 0 amide bonds. The Bertz CT molecular complexity index is 260. The molecule has 4 heteroatoms. The highest BCUT2D eigenvalue weighted by Crippen LogP contribution is 2.15. The summed E-state index contributed by atoms with van der Waals surface area (Å²) in [5, 5.41) is 9.64. The number of hydrogen-bond donors (Lipinski definition) is 1. The summed E-state index contributed by atoms with van der Waals surface area (Å²) in [7, 11) is -0.967. The van der Waals surface area contributed by atoms with Gasteiger partial charge >= 0.3 is 7.12 Å². The number of hydrogen-bond acceptors (Lipinski definition) is 2. The van der Waals surface area contributed by atoms with Crippen LogP contribution in [0.1, 0.15) is 0 Å². The number of benzene rings is 1. The monoisotopic (exact) mass is 182 g/mol. The molecule has 1 aromatic carbocycles. The van der Waals surface area contributed by atoms with Gasteiger partial charge in [-0.15, -0.1) is 6.58 Å². The highest BCUT2D eigenvalue weighted by Gasteiger charge is 2.08. The maximum atomic E-state index is 9.01. The molecule has 0 bridgehead atoms. The standard InChI is InChI=1S/C8H8BClO2/c1-2-9(11)12-8-5-3-7(10)4-6-8/h2-6,11H,1H2. The van der Waals surface area contributed by atoms with Gasteiger partial charge in [0, 0.05) is 5.02 Å². The van der Waals surface area contributed by atoms with Gasteiger partial charge in [-0.2, -0.15) is 0 Å². The van der Waals surface area contributed by atoms with Crippen molar-refractivity contribution >= 4 is 18.7 Å². The molecule has 0 aromatic heterocycles. The second kappa shape index (κ2) is 4.19. The maximum absolute atomic E-state index is 9.01. The van der Waals surface area contributed by atoms with Crippen LogP contribution in [-0.2, 0) is 0 Å². The highest BCUT2D eigenvalue weighted by atomic mass is 35.5. The summed E-state index contributed by atoms with van der Waals surface area (Å²) in [6.45, 7) is 3.37. The lowest BCUT2D eigenvalue weighted by molar-refractivity contribution is 0.431. The fourth-order valence-corrected chi connectivity index (χ4v) is 0.827. The van der Waals surface area contributed by atoms with Gasteiger partial charge < -0.3 is 9.68 Å². The maximum Gasteiger partial charge on any atom is 0.551 e. The predicted octanol–water partition coefficient (Wildman–Crippen LogP) is 1.92. The molecule has 0 aliphatic heterocycles. The highest BCUT2D eigenvalue weighted by molar-refractivity contribution is 6.49. The quantitative estimate of drug-likeness (QED) is 0.724. The van der Waals surface area contributed by atoms with Crippen molar-refractivity contribution in [1.82, 2.24) is 0 Å². The lowest BCUT2D eigenvalue weighted by atomic mass is 9.92. The zero-order valence-electron chi connectivity index (χ0n) is 6.40. The summed E-state index contributed by atoms with van der Waals surface area (Å²) in [5.41, 5.74) is 0. The summed E-state index contributed by atoms with van der Waals surface area (Å²) in [6.07, 6.45) is 0. The van der Waals surface area contributed by atoms with Gasteiger partial charge in [0.15, 0.2) is 0 Å². The molecule has 0 saturated carbocycles. The molecular weight excluding hydrogens is 174 g/mol. The minimum absolute atomic E-state index is 0.562. The van der Waals surface area contributed by atoms with Crippen LogP contribution in [-0.4, -0.2) is 12.1 Å². The SMILES string of the molecule is C=CB(O)Oc1ccc(Cl)cc1. The third kappa shape index (κ3) is 2.60. The van der Waals surface area contributed by atoms with E-state index in [1.165, 1.54) is 5.98 Å². The van der Waals surface area contributed by atoms with E-state index in [-0.39, 0.29) is 0 Å². The van der Waals surface area contributed by atoms with Crippen LogP contribution >= 0.6 is 11.6 Å². The van der Waals surface area contributed by atoms with E-state index >= 15 is 0 Å². The minimum Gasteiger partial charge on any atom is -0.533 e. The van der Waals surface area contributed by atoms with E-state index in [0.29, 0.717) is 10.8 Å². The normalized spacial score (nSPS) is 9.17. The molecule has 2 nitrogen and oxygen atoms in total. The predicted molar refractivity (Wildman–Crippen MR) is 50.2 cm³/mol. The van der Waals surface area contributed by atoms with Crippen LogP contribution in [0.4, 0.5) is 0 Å². The fraction of sp³-hybridized carbons (Fsp3) is 0. The van der Waals surface area contributed by atoms with Crippen LogP contribution in [0.15, 0.2) is 36.8 Å². The minimum atomic E-state index is -0.967. The Morgan fingerprint density at radius 3 is 2.50 bits per heavy atom. The molecule has 0 saturated heterocycles. The lowest BCUT2D eigenvalue weighted by Gasteiger charge is -2.05. The van der Waals surface area contributed by atoms with E-state index in [2.05, 4.69) is 6.58 Å². The van der Waals surface area contributed by atoms with Crippen molar-refractivity contribution in [2.45, 2.75) is 0 Å². The molecule has 0 radical (unpaired) electrons.